The standard InChI is InChI=1S/C15H15N3/c1-15(2,3)12-10-6-4-8-16-13(10)18-14-11(12)7-5-9-17-14/h4-9H,1-3H3. The first kappa shape index (κ1) is 11.1. The molecule has 0 N–H and O–H groups in total. The molecule has 0 aliphatic heterocycles. The number of nitrogens with zero attached hydrogens (tertiary/aromatic N) is 3. The zero-order valence-corrected chi connectivity index (χ0v) is 10.8. The number of pyridine rings is 3. The predicted octanol–water partition coefficient (Wildman–Crippen LogP) is 3.48. The summed E-state index contributed by atoms with van der Waals surface area (Å²) in [4.78, 5) is 13.2. The smallest absolute Gasteiger partial charge is 0.161 e. The monoisotopic (exact) mass is 237 g/mol. The summed E-state index contributed by atoms with van der Waals surface area (Å²) in [6, 6.07) is 8.09. The number of hydrogen-bond acceptors (Lipinski definition) is 3. The van der Waals surface area contributed by atoms with Crippen molar-refractivity contribution in [1.82, 2.24) is 15.0 Å². The van der Waals surface area contributed by atoms with Crippen molar-refractivity contribution in [2.24, 2.45) is 0 Å². The van der Waals surface area contributed by atoms with Crippen LogP contribution < -0.4 is 0 Å². The summed E-state index contributed by atoms with van der Waals surface area (Å²) in [5.74, 6) is 0. The van der Waals surface area contributed by atoms with Crippen LogP contribution in [0.1, 0.15) is 26.3 Å². The van der Waals surface area contributed by atoms with Crippen LogP contribution in [0.25, 0.3) is 22.1 Å². The zero-order valence-electron chi connectivity index (χ0n) is 10.8. The van der Waals surface area contributed by atoms with Gasteiger partial charge in [0.25, 0.3) is 0 Å². The summed E-state index contributed by atoms with van der Waals surface area (Å²) in [5, 5.41) is 2.23. The van der Waals surface area contributed by atoms with Crippen molar-refractivity contribution >= 4 is 22.1 Å². The molecule has 18 heavy (non-hydrogen) atoms. The quantitative estimate of drug-likeness (QED) is 0.562. The van der Waals surface area contributed by atoms with Crippen LogP contribution in [0.2, 0.25) is 0 Å². The van der Waals surface area contributed by atoms with Gasteiger partial charge in [-0.1, -0.05) is 20.8 Å². The zero-order chi connectivity index (χ0) is 12.8. The SMILES string of the molecule is CC(C)(C)c1c2cccnc2nc2ncccc12. The van der Waals surface area contributed by atoms with Crippen LogP contribution in [-0.2, 0) is 5.41 Å². The van der Waals surface area contributed by atoms with Crippen LogP contribution in [0.15, 0.2) is 36.7 Å². The number of fused-ring (bicyclic) bond motifs is 2. The Balaban J connectivity index is 2.58. The fraction of sp³-hybridized carbons (Fsp3) is 0.267. The van der Waals surface area contributed by atoms with Gasteiger partial charge in [0.15, 0.2) is 11.3 Å². The second-order valence-corrected chi connectivity index (χ2v) is 5.49. The van der Waals surface area contributed by atoms with Gasteiger partial charge in [0.05, 0.1) is 0 Å². The Morgan fingerprint density at radius 1 is 0.833 bits per heavy atom. The molecule has 0 aliphatic carbocycles. The van der Waals surface area contributed by atoms with Crippen molar-refractivity contribution in [3.8, 4) is 0 Å². The fourth-order valence-electron chi connectivity index (χ4n) is 2.42. The van der Waals surface area contributed by atoms with Crippen LogP contribution in [0, 0.1) is 0 Å². The van der Waals surface area contributed by atoms with Gasteiger partial charge >= 0.3 is 0 Å². The minimum Gasteiger partial charge on any atom is -0.237 e. The predicted molar refractivity (Wildman–Crippen MR) is 73.5 cm³/mol. The summed E-state index contributed by atoms with van der Waals surface area (Å²) in [7, 11) is 0. The molecule has 0 atom stereocenters. The van der Waals surface area contributed by atoms with Crippen LogP contribution >= 0.6 is 0 Å². The van der Waals surface area contributed by atoms with Crippen LogP contribution in [0.3, 0.4) is 0 Å². The largest absolute Gasteiger partial charge is 0.237 e. The Bertz CT molecular complexity index is 672. The molecule has 0 unspecified atom stereocenters. The van der Waals surface area contributed by atoms with E-state index < -0.39 is 0 Å². The van der Waals surface area contributed by atoms with E-state index in [1.807, 2.05) is 12.1 Å². The maximum atomic E-state index is 4.53. The van der Waals surface area contributed by atoms with Crippen LogP contribution in [-0.4, -0.2) is 15.0 Å². The first-order valence-corrected chi connectivity index (χ1v) is 6.07. The molecule has 0 saturated carbocycles. The van der Waals surface area contributed by atoms with E-state index in [1.54, 1.807) is 12.4 Å². The summed E-state index contributed by atoms with van der Waals surface area (Å²) in [6.45, 7) is 6.63. The Morgan fingerprint density at radius 2 is 1.33 bits per heavy atom. The third kappa shape index (κ3) is 1.63. The maximum absolute atomic E-state index is 4.53. The van der Waals surface area contributed by atoms with Crippen LogP contribution in [0.5, 0.6) is 0 Å². The molecule has 0 aromatic carbocycles. The summed E-state index contributed by atoms with van der Waals surface area (Å²) in [6.07, 6.45) is 3.55. The van der Waals surface area contributed by atoms with Gasteiger partial charge in [0, 0.05) is 23.2 Å². The van der Waals surface area contributed by atoms with Crippen molar-refractivity contribution < 1.29 is 0 Å². The topological polar surface area (TPSA) is 38.7 Å². The van der Waals surface area contributed by atoms with Gasteiger partial charge in [0.1, 0.15) is 0 Å². The first-order valence-electron chi connectivity index (χ1n) is 6.07. The van der Waals surface area contributed by atoms with Crippen molar-refractivity contribution in [1.29, 1.82) is 0 Å². The van der Waals surface area contributed by atoms with Gasteiger partial charge in [-0.15, -0.1) is 0 Å². The molecule has 3 heteroatoms. The Hall–Kier alpha value is -2.03. The molecule has 0 aliphatic rings. The molecule has 90 valence electrons. The molecular formula is C15H15N3. The van der Waals surface area contributed by atoms with E-state index in [2.05, 4.69) is 47.9 Å². The number of aromatic nitrogens is 3. The van der Waals surface area contributed by atoms with Crippen molar-refractivity contribution in [3.63, 3.8) is 0 Å². The Morgan fingerprint density at radius 3 is 1.78 bits per heavy atom. The third-order valence-corrected chi connectivity index (χ3v) is 3.07. The molecule has 3 aromatic rings. The van der Waals surface area contributed by atoms with E-state index in [-0.39, 0.29) is 5.41 Å². The van der Waals surface area contributed by atoms with Gasteiger partial charge < -0.3 is 0 Å². The minimum absolute atomic E-state index is 0.0332. The summed E-state index contributed by atoms with van der Waals surface area (Å²) < 4.78 is 0. The van der Waals surface area contributed by atoms with Gasteiger partial charge in [-0.2, -0.15) is 0 Å². The molecule has 3 nitrogen and oxygen atoms in total. The van der Waals surface area contributed by atoms with E-state index in [9.17, 15) is 0 Å². The average Bonchev–Trinajstić information content (AvgIpc) is 2.34. The van der Waals surface area contributed by atoms with E-state index in [0.29, 0.717) is 0 Å². The highest BCUT2D eigenvalue weighted by Crippen LogP contribution is 2.33. The van der Waals surface area contributed by atoms with Crippen molar-refractivity contribution in [2.75, 3.05) is 0 Å². The highest BCUT2D eigenvalue weighted by Gasteiger charge is 2.21. The van der Waals surface area contributed by atoms with Gasteiger partial charge in [-0.05, 0) is 35.2 Å². The van der Waals surface area contributed by atoms with E-state index >= 15 is 0 Å². The fourth-order valence-corrected chi connectivity index (χ4v) is 2.42. The molecule has 0 amide bonds. The summed E-state index contributed by atoms with van der Waals surface area (Å²) >= 11 is 0. The second-order valence-electron chi connectivity index (χ2n) is 5.49. The van der Waals surface area contributed by atoms with Gasteiger partial charge in [-0.25, -0.2) is 15.0 Å². The molecular weight excluding hydrogens is 222 g/mol. The molecule has 0 bridgehead atoms. The molecule has 0 saturated heterocycles. The lowest BCUT2D eigenvalue weighted by molar-refractivity contribution is 0.600. The maximum Gasteiger partial charge on any atom is 0.161 e. The van der Waals surface area contributed by atoms with E-state index in [4.69, 9.17) is 0 Å². The van der Waals surface area contributed by atoms with Gasteiger partial charge in [-0.3, -0.25) is 0 Å². The number of hydrogen-bond donors (Lipinski definition) is 0. The molecule has 0 radical (unpaired) electrons. The molecule has 3 rings (SSSR count). The Labute approximate surface area is 106 Å². The summed E-state index contributed by atoms with van der Waals surface area (Å²) in [5.41, 5.74) is 2.84. The molecule has 0 spiro atoms. The highest BCUT2D eigenvalue weighted by molar-refractivity contribution is 5.95. The highest BCUT2D eigenvalue weighted by atomic mass is 14.9. The molecule has 3 heterocycles. The van der Waals surface area contributed by atoms with Gasteiger partial charge in [0.2, 0.25) is 0 Å². The Kier molecular flexibility index (Phi) is 2.30. The average molecular weight is 237 g/mol. The lowest BCUT2D eigenvalue weighted by Gasteiger charge is -2.22. The van der Waals surface area contributed by atoms with Crippen molar-refractivity contribution in [3.05, 3.63) is 42.2 Å². The second kappa shape index (κ2) is 3.73. The lowest BCUT2D eigenvalue weighted by atomic mass is 9.83. The third-order valence-electron chi connectivity index (χ3n) is 3.07. The first-order chi connectivity index (χ1) is 8.57. The number of rotatable bonds is 0. The van der Waals surface area contributed by atoms with E-state index in [1.165, 1.54) is 5.56 Å². The van der Waals surface area contributed by atoms with Crippen molar-refractivity contribution in [2.45, 2.75) is 26.2 Å². The minimum atomic E-state index is 0.0332. The van der Waals surface area contributed by atoms with Crippen LogP contribution in [0.4, 0.5) is 0 Å². The van der Waals surface area contributed by atoms with E-state index in [0.717, 1.165) is 22.1 Å². The molecule has 3 aromatic heterocycles. The lowest BCUT2D eigenvalue weighted by Crippen LogP contribution is -2.13. The normalized spacial score (nSPS) is 12.2. The molecule has 0 fully saturated rings.